The number of aromatic nitrogens is 3. The summed E-state index contributed by atoms with van der Waals surface area (Å²) in [7, 11) is 1.88. The Kier molecular flexibility index (Phi) is 3.97. The van der Waals surface area contributed by atoms with Gasteiger partial charge in [-0.3, -0.25) is 14.3 Å². The minimum absolute atomic E-state index is 0.0520. The van der Waals surface area contributed by atoms with Crippen LogP contribution >= 0.6 is 0 Å². The average molecular weight is 311 g/mol. The zero-order valence-corrected chi connectivity index (χ0v) is 12.8. The molecule has 0 saturated heterocycles. The summed E-state index contributed by atoms with van der Waals surface area (Å²) in [5, 5.41) is 13.9. The van der Waals surface area contributed by atoms with Crippen LogP contribution in [-0.4, -0.2) is 31.2 Å². The molecular weight excluding hydrogens is 294 g/mol. The lowest BCUT2D eigenvalue weighted by molar-refractivity contribution is -0.138. The number of carboxylic acids is 1. The Morgan fingerprint density at radius 2 is 2.00 bits per heavy atom. The van der Waals surface area contributed by atoms with E-state index in [1.165, 1.54) is 0 Å². The van der Waals surface area contributed by atoms with E-state index >= 15 is 0 Å². The number of hydrogen-bond donors (Lipinski definition) is 1. The summed E-state index contributed by atoms with van der Waals surface area (Å²) < 4.78 is 3.66. The van der Waals surface area contributed by atoms with Gasteiger partial charge in [0.2, 0.25) is 0 Å². The van der Waals surface area contributed by atoms with E-state index in [2.05, 4.69) is 5.10 Å². The molecule has 0 aliphatic heterocycles. The molecule has 0 saturated carbocycles. The van der Waals surface area contributed by atoms with Gasteiger partial charge >= 0.3 is 5.97 Å². The van der Waals surface area contributed by atoms with Crippen LogP contribution in [0.3, 0.4) is 0 Å². The van der Waals surface area contributed by atoms with Crippen molar-refractivity contribution in [3.63, 3.8) is 0 Å². The highest BCUT2D eigenvalue weighted by molar-refractivity contribution is 5.88. The molecule has 118 valence electrons. The lowest BCUT2D eigenvalue weighted by atomic mass is 10.1. The van der Waals surface area contributed by atoms with E-state index in [4.69, 9.17) is 5.11 Å². The third-order valence-electron chi connectivity index (χ3n) is 3.85. The van der Waals surface area contributed by atoms with Crippen molar-refractivity contribution in [2.24, 2.45) is 7.05 Å². The van der Waals surface area contributed by atoms with Crippen LogP contribution in [0, 0.1) is 0 Å². The smallest absolute Gasteiger partial charge is 0.303 e. The summed E-state index contributed by atoms with van der Waals surface area (Å²) in [5.74, 6) is -1.04. The van der Waals surface area contributed by atoms with Crippen molar-refractivity contribution >= 4 is 22.7 Å². The lowest BCUT2D eigenvalue weighted by Gasteiger charge is -2.07. The molecular formula is C17H17N3O3. The Morgan fingerprint density at radius 3 is 2.70 bits per heavy atom. The highest BCUT2D eigenvalue weighted by Crippen LogP contribution is 2.24. The van der Waals surface area contributed by atoms with Gasteiger partial charge in [-0.2, -0.15) is 5.10 Å². The second-order valence-corrected chi connectivity index (χ2v) is 5.49. The molecule has 0 aliphatic carbocycles. The zero-order valence-electron chi connectivity index (χ0n) is 12.8. The Balaban J connectivity index is 1.88. The van der Waals surface area contributed by atoms with Crippen LogP contribution in [0.4, 0.5) is 0 Å². The largest absolute Gasteiger partial charge is 0.481 e. The molecule has 0 spiro atoms. The molecule has 0 bridgehead atoms. The first-order valence-corrected chi connectivity index (χ1v) is 7.35. The highest BCUT2D eigenvalue weighted by Gasteiger charge is 2.10. The van der Waals surface area contributed by atoms with E-state index < -0.39 is 5.97 Å². The van der Waals surface area contributed by atoms with Crippen molar-refractivity contribution in [1.29, 1.82) is 0 Å². The van der Waals surface area contributed by atoms with E-state index in [0.717, 1.165) is 22.2 Å². The Labute approximate surface area is 133 Å². The quantitative estimate of drug-likeness (QED) is 0.758. The molecule has 23 heavy (non-hydrogen) atoms. The van der Waals surface area contributed by atoms with E-state index in [1.54, 1.807) is 10.9 Å². The number of carbonyl (C=O) groups excluding carboxylic acids is 1. The number of carbonyl (C=O) groups is 2. The second-order valence-electron chi connectivity index (χ2n) is 5.49. The third-order valence-corrected chi connectivity index (χ3v) is 3.85. The second kappa shape index (κ2) is 6.08. The van der Waals surface area contributed by atoms with Gasteiger partial charge in [-0.25, -0.2) is 0 Å². The molecule has 0 aliphatic rings. The Hall–Kier alpha value is -2.89. The standard InChI is InChI=1S/C17H17N3O3/c1-19-15(6-8-18-19)13-3-2-12-7-9-20(16(12)10-13)11-14(21)4-5-17(22)23/h2-3,6-10H,4-5,11H2,1H3,(H,22,23). The molecule has 3 aromatic rings. The van der Waals surface area contributed by atoms with E-state index in [0.29, 0.717) is 0 Å². The normalized spacial score (nSPS) is 11.0. The lowest BCUT2D eigenvalue weighted by Crippen LogP contribution is -2.10. The first-order chi connectivity index (χ1) is 11.0. The maximum atomic E-state index is 11.9. The first kappa shape index (κ1) is 15.0. The average Bonchev–Trinajstić information content (AvgIpc) is 3.11. The number of aliphatic carboxylic acids is 1. The van der Waals surface area contributed by atoms with Crippen LogP contribution in [0.2, 0.25) is 0 Å². The van der Waals surface area contributed by atoms with Crippen molar-refractivity contribution < 1.29 is 14.7 Å². The van der Waals surface area contributed by atoms with Crippen molar-refractivity contribution in [1.82, 2.24) is 14.3 Å². The van der Waals surface area contributed by atoms with Gasteiger partial charge in [-0.05, 0) is 23.6 Å². The summed E-state index contributed by atoms with van der Waals surface area (Å²) in [6.07, 6.45) is 3.53. The highest BCUT2D eigenvalue weighted by atomic mass is 16.4. The number of ketones is 1. The number of hydrogen-bond acceptors (Lipinski definition) is 3. The summed E-state index contributed by atoms with van der Waals surface area (Å²) in [6, 6.07) is 9.95. The minimum atomic E-state index is -0.950. The topological polar surface area (TPSA) is 77.1 Å². The predicted octanol–water partition coefficient (Wildman–Crippen LogP) is 2.48. The van der Waals surface area contributed by atoms with E-state index in [9.17, 15) is 9.59 Å². The number of Topliss-reactive ketones (excluding diaryl/α,β-unsaturated/α-hetero) is 1. The van der Waals surface area contributed by atoms with Gasteiger partial charge in [0.15, 0.2) is 5.78 Å². The van der Waals surface area contributed by atoms with Gasteiger partial charge in [0.1, 0.15) is 0 Å². The van der Waals surface area contributed by atoms with Crippen LogP contribution in [0.1, 0.15) is 12.8 Å². The molecule has 0 fully saturated rings. The minimum Gasteiger partial charge on any atom is -0.481 e. The van der Waals surface area contributed by atoms with Crippen LogP contribution in [0.25, 0.3) is 22.2 Å². The monoisotopic (exact) mass is 311 g/mol. The van der Waals surface area contributed by atoms with Crippen molar-refractivity contribution in [2.45, 2.75) is 19.4 Å². The molecule has 1 N–H and O–H groups in total. The molecule has 6 nitrogen and oxygen atoms in total. The number of rotatable bonds is 6. The Bertz CT molecular complexity index is 876. The van der Waals surface area contributed by atoms with Gasteiger partial charge in [-0.1, -0.05) is 12.1 Å². The van der Waals surface area contributed by atoms with Gasteiger partial charge in [0.25, 0.3) is 0 Å². The van der Waals surface area contributed by atoms with Gasteiger partial charge in [0.05, 0.1) is 18.7 Å². The number of carboxylic acid groups (broad SMARTS) is 1. The first-order valence-electron chi connectivity index (χ1n) is 7.35. The molecule has 0 radical (unpaired) electrons. The SMILES string of the molecule is Cn1nccc1-c1ccc2ccn(CC(=O)CCC(=O)O)c2c1. The number of benzene rings is 1. The molecule has 6 heteroatoms. The maximum absolute atomic E-state index is 11.9. The van der Waals surface area contributed by atoms with Gasteiger partial charge < -0.3 is 9.67 Å². The summed E-state index contributed by atoms with van der Waals surface area (Å²) >= 11 is 0. The molecule has 0 unspecified atom stereocenters. The number of nitrogens with zero attached hydrogens (tertiary/aromatic N) is 3. The fraction of sp³-hybridized carbons (Fsp3) is 0.235. The third kappa shape index (κ3) is 3.15. The summed E-state index contributed by atoms with van der Waals surface area (Å²) in [4.78, 5) is 22.5. The molecule has 0 atom stereocenters. The number of fused-ring (bicyclic) bond motifs is 1. The van der Waals surface area contributed by atoms with E-state index in [-0.39, 0.29) is 25.2 Å². The van der Waals surface area contributed by atoms with Crippen LogP contribution in [0.5, 0.6) is 0 Å². The maximum Gasteiger partial charge on any atom is 0.303 e. The zero-order chi connectivity index (χ0) is 16.4. The fourth-order valence-electron chi connectivity index (χ4n) is 2.65. The molecule has 0 amide bonds. The number of aryl methyl sites for hydroxylation is 1. The predicted molar refractivity (Wildman–Crippen MR) is 86.0 cm³/mol. The van der Waals surface area contributed by atoms with Gasteiger partial charge in [0, 0.05) is 36.9 Å². The fourth-order valence-corrected chi connectivity index (χ4v) is 2.65. The van der Waals surface area contributed by atoms with Crippen LogP contribution < -0.4 is 0 Å². The molecule has 1 aromatic carbocycles. The van der Waals surface area contributed by atoms with Crippen molar-refractivity contribution in [3.05, 3.63) is 42.7 Å². The van der Waals surface area contributed by atoms with Crippen LogP contribution in [0.15, 0.2) is 42.7 Å². The molecule has 3 rings (SSSR count). The molecule has 2 aromatic heterocycles. The molecule has 2 heterocycles. The Morgan fingerprint density at radius 1 is 1.17 bits per heavy atom. The van der Waals surface area contributed by atoms with Crippen molar-refractivity contribution in [3.8, 4) is 11.3 Å². The van der Waals surface area contributed by atoms with E-state index in [1.807, 2.05) is 48.1 Å². The van der Waals surface area contributed by atoms with Crippen molar-refractivity contribution in [2.75, 3.05) is 0 Å². The summed E-state index contributed by atoms with van der Waals surface area (Å²) in [5.41, 5.74) is 2.97. The summed E-state index contributed by atoms with van der Waals surface area (Å²) in [6.45, 7) is 0.186. The van der Waals surface area contributed by atoms with Crippen LogP contribution in [-0.2, 0) is 23.2 Å². The van der Waals surface area contributed by atoms with Gasteiger partial charge in [-0.15, -0.1) is 0 Å².